The summed E-state index contributed by atoms with van der Waals surface area (Å²) in [6.45, 7) is 0.765. The van der Waals surface area contributed by atoms with Crippen LogP contribution in [0.3, 0.4) is 0 Å². The highest BCUT2D eigenvalue weighted by atomic mass is 32.2. The zero-order chi connectivity index (χ0) is 17.4. The van der Waals surface area contributed by atoms with Gasteiger partial charge < -0.3 is 15.2 Å². The Balaban J connectivity index is 2.82. The average Bonchev–Trinajstić information content (AvgIpc) is 2.51. The van der Waals surface area contributed by atoms with Crippen LogP contribution >= 0.6 is 11.8 Å². The molecule has 124 valence electrons. The molecule has 23 heavy (non-hydrogen) atoms. The number of carbonyl (C=O) groups is 4. The number of carboxylic acids is 1. The minimum absolute atomic E-state index is 0.275. The third kappa shape index (κ3) is 6.52. The molecule has 0 aliphatic carbocycles. The van der Waals surface area contributed by atoms with Crippen molar-refractivity contribution in [3.8, 4) is 5.75 Å². The van der Waals surface area contributed by atoms with Gasteiger partial charge in [0.05, 0.1) is 12.4 Å². The van der Waals surface area contributed by atoms with Crippen LogP contribution in [0.15, 0.2) is 24.3 Å². The van der Waals surface area contributed by atoms with Gasteiger partial charge in [0.15, 0.2) is 10.9 Å². The molecule has 0 aromatic heterocycles. The van der Waals surface area contributed by atoms with E-state index in [1.54, 1.807) is 24.3 Å². The van der Waals surface area contributed by atoms with Gasteiger partial charge in [-0.1, -0.05) is 11.8 Å². The van der Waals surface area contributed by atoms with Crippen molar-refractivity contribution in [2.45, 2.75) is 18.6 Å². The summed E-state index contributed by atoms with van der Waals surface area (Å²) in [6.07, 6.45) is -0.275. The lowest BCUT2D eigenvalue weighted by Crippen LogP contribution is -2.33. The molecular weight excluding hydrogens is 322 g/mol. The fourth-order valence-electron chi connectivity index (χ4n) is 1.74. The number of rotatable bonds is 8. The second-order valence-electron chi connectivity index (χ2n) is 4.57. The second-order valence-corrected chi connectivity index (χ2v) is 5.95. The van der Waals surface area contributed by atoms with Gasteiger partial charge in [0.25, 0.3) is 0 Å². The first-order valence-electron chi connectivity index (χ1n) is 6.67. The van der Waals surface area contributed by atoms with Crippen molar-refractivity contribution >= 4 is 34.5 Å². The average molecular weight is 339 g/mol. The Kier molecular flexibility index (Phi) is 7.27. The Morgan fingerprint density at radius 1 is 1.22 bits per heavy atom. The summed E-state index contributed by atoms with van der Waals surface area (Å²) in [5.74, 6) is -1.58. The van der Waals surface area contributed by atoms with Gasteiger partial charge in [0.2, 0.25) is 5.91 Å². The SMILES string of the molecule is COc1ccc(C(=O)C(CC(=O)NCC(=O)O)SC(C)=O)cc1. The molecule has 0 saturated carbocycles. The summed E-state index contributed by atoms with van der Waals surface area (Å²) < 4.78 is 5.00. The lowest BCUT2D eigenvalue weighted by molar-refractivity contribution is -0.137. The van der Waals surface area contributed by atoms with E-state index in [1.807, 2.05) is 0 Å². The van der Waals surface area contributed by atoms with E-state index >= 15 is 0 Å². The molecule has 2 N–H and O–H groups in total. The molecule has 1 atom stereocenters. The van der Waals surface area contributed by atoms with Crippen LogP contribution in [-0.2, 0) is 14.4 Å². The smallest absolute Gasteiger partial charge is 0.322 e. The maximum absolute atomic E-state index is 12.4. The zero-order valence-electron chi connectivity index (χ0n) is 12.7. The van der Waals surface area contributed by atoms with Crippen LogP contribution in [0.5, 0.6) is 5.75 Å². The van der Waals surface area contributed by atoms with Crippen molar-refractivity contribution in [2.75, 3.05) is 13.7 Å². The molecule has 7 nitrogen and oxygen atoms in total. The number of ether oxygens (including phenoxy) is 1. The van der Waals surface area contributed by atoms with Crippen molar-refractivity contribution in [1.82, 2.24) is 5.32 Å². The van der Waals surface area contributed by atoms with Gasteiger partial charge in [-0.3, -0.25) is 19.2 Å². The van der Waals surface area contributed by atoms with E-state index in [9.17, 15) is 19.2 Å². The maximum Gasteiger partial charge on any atom is 0.322 e. The molecule has 1 unspecified atom stereocenters. The second kappa shape index (κ2) is 8.94. The molecule has 1 rings (SSSR count). The van der Waals surface area contributed by atoms with Gasteiger partial charge in [0, 0.05) is 18.9 Å². The van der Waals surface area contributed by atoms with Crippen LogP contribution in [0.25, 0.3) is 0 Å². The predicted molar refractivity (Wildman–Crippen MR) is 84.6 cm³/mol. The van der Waals surface area contributed by atoms with Crippen molar-refractivity contribution in [2.24, 2.45) is 0 Å². The third-order valence-electron chi connectivity index (χ3n) is 2.78. The molecule has 0 radical (unpaired) electrons. The maximum atomic E-state index is 12.4. The molecule has 0 saturated heterocycles. The number of hydrogen-bond donors (Lipinski definition) is 2. The lowest BCUT2D eigenvalue weighted by atomic mass is 10.1. The molecule has 1 amide bonds. The summed E-state index contributed by atoms with van der Waals surface area (Å²) in [7, 11) is 1.50. The minimum Gasteiger partial charge on any atom is -0.497 e. The normalized spacial score (nSPS) is 11.4. The van der Waals surface area contributed by atoms with E-state index in [4.69, 9.17) is 9.84 Å². The van der Waals surface area contributed by atoms with Crippen LogP contribution < -0.4 is 10.1 Å². The van der Waals surface area contributed by atoms with E-state index in [0.29, 0.717) is 11.3 Å². The Morgan fingerprint density at radius 3 is 2.30 bits per heavy atom. The number of methoxy groups -OCH3 is 1. The van der Waals surface area contributed by atoms with Gasteiger partial charge in [-0.15, -0.1) is 0 Å². The quantitative estimate of drug-likeness (QED) is 0.683. The number of aliphatic carboxylic acids is 1. The molecule has 0 fully saturated rings. The Morgan fingerprint density at radius 2 is 1.83 bits per heavy atom. The molecule has 0 bridgehead atoms. The summed E-state index contributed by atoms with van der Waals surface area (Å²) in [6, 6.07) is 6.30. The molecule has 8 heteroatoms. The molecule has 0 aliphatic rings. The number of Topliss-reactive ketones (excluding diaryl/α,β-unsaturated/α-hetero) is 1. The number of ketones is 1. The van der Waals surface area contributed by atoms with E-state index in [1.165, 1.54) is 14.0 Å². The summed E-state index contributed by atoms with van der Waals surface area (Å²) in [5.41, 5.74) is 0.343. The molecular formula is C15H17NO6S. The number of hydrogen-bond acceptors (Lipinski definition) is 6. The van der Waals surface area contributed by atoms with Crippen molar-refractivity contribution < 1.29 is 29.0 Å². The monoisotopic (exact) mass is 339 g/mol. The van der Waals surface area contributed by atoms with Gasteiger partial charge in [-0.25, -0.2) is 0 Å². The van der Waals surface area contributed by atoms with E-state index in [2.05, 4.69) is 5.32 Å². The number of amides is 1. The van der Waals surface area contributed by atoms with Gasteiger partial charge >= 0.3 is 5.97 Å². The van der Waals surface area contributed by atoms with Crippen molar-refractivity contribution in [3.63, 3.8) is 0 Å². The summed E-state index contributed by atoms with van der Waals surface area (Å²) >= 11 is 0.747. The van der Waals surface area contributed by atoms with Crippen LogP contribution in [0, 0.1) is 0 Å². The molecule has 1 aromatic carbocycles. The highest BCUT2D eigenvalue weighted by molar-refractivity contribution is 8.14. The van der Waals surface area contributed by atoms with Crippen molar-refractivity contribution in [3.05, 3.63) is 29.8 Å². The van der Waals surface area contributed by atoms with Gasteiger partial charge in [-0.05, 0) is 24.3 Å². The van der Waals surface area contributed by atoms with E-state index in [0.717, 1.165) is 11.8 Å². The molecule has 0 heterocycles. The van der Waals surface area contributed by atoms with Crippen LogP contribution in [-0.4, -0.2) is 46.8 Å². The standard InChI is InChI=1S/C15H17NO6S/c1-9(17)23-12(7-13(18)16-8-14(19)20)15(21)10-3-5-11(22-2)6-4-10/h3-6,12H,7-8H2,1-2H3,(H,16,18)(H,19,20). The largest absolute Gasteiger partial charge is 0.497 e. The minimum atomic E-state index is -1.18. The number of thioether (sulfide) groups is 1. The van der Waals surface area contributed by atoms with E-state index < -0.39 is 23.7 Å². The number of carboxylic acid groups (broad SMARTS) is 1. The predicted octanol–water partition coefficient (Wildman–Crippen LogP) is 1.12. The summed E-state index contributed by atoms with van der Waals surface area (Å²) in [5, 5.41) is 9.49. The molecule has 0 spiro atoms. The fraction of sp³-hybridized carbons (Fsp3) is 0.333. The van der Waals surface area contributed by atoms with Gasteiger partial charge in [-0.2, -0.15) is 0 Å². The highest BCUT2D eigenvalue weighted by Gasteiger charge is 2.25. The summed E-state index contributed by atoms with van der Waals surface area (Å²) in [4.78, 5) is 45.9. The molecule has 0 aliphatic heterocycles. The number of benzene rings is 1. The first-order chi connectivity index (χ1) is 10.8. The first kappa shape index (κ1) is 18.7. The molecule has 1 aromatic rings. The number of nitrogens with one attached hydrogen (secondary N) is 1. The van der Waals surface area contributed by atoms with Gasteiger partial charge in [0.1, 0.15) is 12.3 Å². The highest BCUT2D eigenvalue weighted by Crippen LogP contribution is 2.22. The Bertz CT molecular complexity index is 598. The fourth-order valence-corrected chi connectivity index (χ4v) is 2.62. The Hall–Kier alpha value is -2.35. The first-order valence-corrected chi connectivity index (χ1v) is 7.55. The zero-order valence-corrected chi connectivity index (χ0v) is 13.5. The Labute approximate surface area is 137 Å². The van der Waals surface area contributed by atoms with Crippen molar-refractivity contribution in [1.29, 1.82) is 0 Å². The third-order valence-corrected chi connectivity index (χ3v) is 3.78. The van der Waals surface area contributed by atoms with Crippen LogP contribution in [0.2, 0.25) is 0 Å². The van der Waals surface area contributed by atoms with E-state index in [-0.39, 0.29) is 17.3 Å². The van der Waals surface area contributed by atoms with Crippen LogP contribution in [0.1, 0.15) is 23.7 Å². The van der Waals surface area contributed by atoms with Crippen LogP contribution in [0.4, 0.5) is 0 Å². The topological polar surface area (TPSA) is 110 Å². The lowest BCUT2D eigenvalue weighted by Gasteiger charge is -2.14. The number of carbonyl (C=O) groups excluding carboxylic acids is 3.